The van der Waals surface area contributed by atoms with E-state index in [9.17, 15) is 14.4 Å². The summed E-state index contributed by atoms with van der Waals surface area (Å²) < 4.78 is 0. The van der Waals surface area contributed by atoms with Crippen LogP contribution in [0.15, 0.2) is 0 Å². The second-order valence-electron chi connectivity index (χ2n) is 3.42. The number of urea groups is 1. The Labute approximate surface area is 98.9 Å². The average molecular weight is 246 g/mol. The molecule has 0 aromatic carbocycles. The van der Waals surface area contributed by atoms with Crippen LogP contribution in [0, 0.1) is 0 Å². The van der Waals surface area contributed by atoms with Gasteiger partial charge in [-0.2, -0.15) is 0 Å². The van der Waals surface area contributed by atoms with Crippen LogP contribution in [-0.2, 0) is 9.59 Å². The Morgan fingerprint density at radius 2 is 1.94 bits per heavy atom. The number of hydrogen-bond acceptors (Lipinski definition) is 4. The number of primary amides is 1. The Hall–Kier alpha value is -1.83. The van der Waals surface area contributed by atoms with Crippen LogP contribution in [0.4, 0.5) is 4.79 Å². The third kappa shape index (κ3) is 8.03. The first-order valence-corrected chi connectivity index (χ1v) is 5.17. The van der Waals surface area contributed by atoms with Gasteiger partial charge in [0, 0.05) is 6.54 Å². The maximum Gasteiger partial charge on any atom is 0.326 e. The van der Waals surface area contributed by atoms with Gasteiger partial charge in [0.25, 0.3) is 0 Å². The number of aliphatic carboxylic acids is 1. The molecule has 17 heavy (non-hydrogen) atoms. The van der Waals surface area contributed by atoms with Crippen LogP contribution in [0.1, 0.15) is 12.8 Å². The van der Waals surface area contributed by atoms with Crippen molar-refractivity contribution >= 4 is 17.9 Å². The van der Waals surface area contributed by atoms with Gasteiger partial charge in [-0.25, -0.2) is 9.59 Å². The first-order chi connectivity index (χ1) is 7.97. The highest BCUT2D eigenvalue weighted by atomic mass is 16.4. The number of carboxylic acid groups (broad SMARTS) is 1. The molecule has 0 aliphatic carbocycles. The topological polar surface area (TPSA) is 134 Å². The lowest BCUT2D eigenvalue weighted by molar-refractivity contribution is -0.140. The van der Waals surface area contributed by atoms with E-state index >= 15 is 0 Å². The fraction of sp³-hybridized carbons (Fsp3) is 0.667. The predicted octanol–water partition coefficient (Wildman–Crippen LogP) is -1.78. The molecule has 0 aliphatic rings. The Bertz CT molecular complexity index is 282. The number of nitrogens with two attached hydrogens (primary N) is 1. The number of carbonyl (C=O) groups excluding carboxylic acids is 2. The summed E-state index contributed by atoms with van der Waals surface area (Å²) in [6.45, 7) is 1.15. The Morgan fingerprint density at radius 3 is 2.41 bits per heavy atom. The molecule has 0 fully saturated rings. The van der Waals surface area contributed by atoms with Gasteiger partial charge in [0.2, 0.25) is 5.91 Å². The fourth-order valence-electron chi connectivity index (χ4n) is 1.08. The molecule has 0 bridgehead atoms. The van der Waals surface area contributed by atoms with Crippen molar-refractivity contribution in [1.29, 1.82) is 0 Å². The van der Waals surface area contributed by atoms with Gasteiger partial charge >= 0.3 is 12.0 Å². The molecule has 98 valence electrons. The van der Waals surface area contributed by atoms with E-state index in [2.05, 4.69) is 16.0 Å². The van der Waals surface area contributed by atoms with E-state index in [0.717, 1.165) is 13.0 Å². The molecule has 3 amide bonds. The SMILES string of the molecule is CNCCCNC(=O)N[C@H](CC(N)=O)C(=O)O. The number of carbonyl (C=O) groups is 3. The lowest BCUT2D eigenvalue weighted by Crippen LogP contribution is -2.48. The monoisotopic (exact) mass is 246 g/mol. The fourth-order valence-corrected chi connectivity index (χ4v) is 1.08. The summed E-state index contributed by atoms with van der Waals surface area (Å²) in [4.78, 5) is 32.5. The highest BCUT2D eigenvalue weighted by Gasteiger charge is 2.21. The van der Waals surface area contributed by atoms with E-state index < -0.39 is 30.4 Å². The summed E-state index contributed by atoms with van der Waals surface area (Å²) in [6, 6.07) is -1.92. The molecule has 1 atom stereocenters. The van der Waals surface area contributed by atoms with Crippen LogP contribution in [0.2, 0.25) is 0 Å². The first-order valence-electron chi connectivity index (χ1n) is 5.17. The molecule has 0 saturated carbocycles. The number of hydrogen-bond donors (Lipinski definition) is 5. The van der Waals surface area contributed by atoms with Gasteiger partial charge in [-0.05, 0) is 20.0 Å². The van der Waals surface area contributed by atoms with Gasteiger partial charge in [0.15, 0.2) is 0 Å². The standard InChI is InChI=1S/C9H18N4O4/c1-11-3-2-4-12-9(17)13-6(8(15)16)5-7(10)14/h6,11H,2-5H2,1H3,(H2,10,14)(H,15,16)(H2,12,13,17)/t6-/m1/s1. The first kappa shape index (κ1) is 15.2. The molecule has 0 aliphatic heterocycles. The van der Waals surface area contributed by atoms with Crippen molar-refractivity contribution in [3.8, 4) is 0 Å². The van der Waals surface area contributed by atoms with Crippen molar-refractivity contribution in [2.24, 2.45) is 5.73 Å². The van der Waals surface area contributed by atoms with Crippen molar-refractivity contribution in [3.63, 3.8) is 0 Å². The molecule has 0 spiro atoms. The smallest absolute Gasteiger partial charge is 0.326 e. The summed E-state index contributed by atoms with van der Waals surface area (Å²) in [6.07, 6.45) is 0.288. The van der Waals surface area contributed by atoms with Gasteiger partial charge in [-0.1, -0.05) is 0 Å². The van der Waals surface area contributed by atoms with Gasteiger partial charge in [-0.15, -0.1) is 0 Å². The minimum absolute atomic E-state index is 0.412. The maximum absolute atomic E-state index is 11.2. The molecule has 0 aromatic rings. The normalized spacial score (nSPS) is 11.6. The Balaban J connectivity index is 3.96. The van der Waals surface area contributed by atoms with Crippen LogP contribution in [0.3, 0.4) is 0 Å². The van der Waals surface area contributed by atoms with Crippen molar-refractivity contribution in [2.45, 2.75) is 18.9 Å². The van der Waals surface area contributed by atoms with E-state index in [0.29, 0.717) is 6.54 Å². The predicted molar refractivity (Wildman–Crippen MR) is 60.3 cm³/mol. The summed E-state index contributed by atoms with van der Waals surface area (Å²) in [5, 5.41) is 16.2. The maximum atomic E-state index is 11.2. The molecule has 0 radical (unpaired) electrons. The second kappa shape index (κ2) is 8.34. The molecular weight excluding hydrogens is 228 g/mol. The van der Waals surface area contributed by atoms with E-state index in [4.69, 9.17) is 10.8 Å². The number of carboxylic acids is 1. The second-order valence-corrected chi connectivity index (χ2v) is 3.42. The molecule has 6 N–H and O–H groups in total. The van der Waals surface area contributed by atoms with E-state index in [-0.39, 0.29) is 0 Å². The van der Waals surface area contributed by atoms with Crippen molar-refractivity contribution < 1.29 is 19.5 Å². The summed E-state index contributed by atoms with van der Waals surface area (Å²) in [7, 11) is 1.79. The third-order valence-corrected chi connectivity index (χ3v) is 1.90. The summed E-state index contributed by atoms with van der Waals surface area (Å²) >= 11 is 0. The van der Waals surface area contributed by atoms with Crippen LogP contribution in [0.25, 0.3) is 0 Å². The molecule has 8 nitrogen and oxygen atoms in total. The molecule has 0 rings (SSSR count). The number of amides is 3. The minimum atomic E-state index is -1.30. The summed E-state index contributed by atoms with van der Waals surface area (Å²) in [5.74, 6) is -2.08. The summed E-state index contributed by atoms with van der Waals surface area (Å²) in [5.41, 5.74) is 4.86. The van der Waals surface area contributed by atoms with Gasteiger partial charge in [0.05, 0.1) is 6.42 Å². The van der Waals surface area contributed by atoms with E-state index in [1.165, 1.54) is 0 Å². The largest absolute Gasteiger partial charge is 0.480 e. The van der Waals surface area contributed by atoms with Crippen LogP contribution < -0.4 is 21.7 Å². The molecule has 0 heterocycles. The number of rotatable bonds is 8. The quantitative estimate of drug-likeness (QED) is 0.323. The van der Waals surface area contributed by atoms with Crippen LogP contribution in [-0.4, -0.2) is 49.2 Å². The molecular formula is C9H18N4O4. The van der Waals surface area contributed by atoms with E-state index in [1.54, 1.807) is 7.05 Å². The average Bonchev–Trinajstić information content (AvgIpc) is 2.22. The molecule has 0 unspecified atom stereocenters. The highest BCUT2D eigenvalue weighted by Crippen LogP contribution is 1.91. The number of nitrogens with one attached hydrogen (secondary N) is 3. The Morgan fingerprint density at radius 1 is 1.29 bits per heavy atom. The van der Waals surface area contributed by atoms with Gasteiger partial charge in [-0.3, -0.25) is 4.79 Å². The zero-order chi connectivity index (χ0) is 13.3. The third-order valence-electron chi connectivity index (χ3n) is 1.90. The van der Waals surface area contributed by atoms with Gasteiger partial charge < -0.3 is 26.8 Å². The van der Waals surface area contributed by atoms with Crippen molar-refractivity contribution in [3.05, 3.63) is 0 Å². The minimum Gasteiger partial charge on any atom is -0.480 e. The highest BCUT2D eigenvalue weighted by molar-refractivity contribution is 5.87. The van der Waals surface area contributed by atoms with Gasteiger partial charge in [0.1, 0.15) is 6.04 Å². The lowest BCUT2D eigenvalue weighted by Gasteiger charge is -2.13. The lowest BCUT2D eigenvalue weighted by atomic mass is 10.2. The zero-order valence-electron chi connectivity index (χ0n) is 9.66. The van der Waals surface area contributed by atoms with Crippen molar-refractivity contribution in [2.75, 3.05) is 20.1 Å². The molecule has 0 saturated heterocycles. The van der Waals surface area contributed by atoms with E-state index in [1.807, 2.05) is 0 Å². The molecule has 8 heteroatoms. The van der Waals surface area contributed by atoms with Crippen LogP contribution in [0.5, 0.6) is 0 Å². The molecule has 0 aromatic heterocycles. The van der Waals surface area contributed by atoms with Crippen molar-refractivity contribution in [1.82, 2.24) is 16.0 Å². The van der Waals surface area contributed by atoms with Crippen LogP contribution >= 0.6 is 0 Å². The zero-order valence-corrected chi connectivity index (χ0v) is 9.66. The Kier molecular flexibility index (Phi) is 7.44.